The number of nitrogens with zero attached hydrogens (tertiary/aromatic N) is 1. The summed E-state index contributed by atoms with van der Waals surface area (Å²) < 4.78 is 0.731. The summed E-state index contributed by atoms with van der Waals surface area (Å²) in [6.07, 6.45) is 1.29. The maximum absolute atomic E-state index is 11.1. The van der Waals surface area contributed by atoms with Crippen molar-refractivity contribution in [2.45, 2.75) is 0 Å². The van der Waals surface area contributed by atoms with E-state index in [0.717, 1.165) is 4.73 Å². The van der Waals surface area contributed by atoms with Gasteiger partial charge in [-0.1, -0.05) is 12.1 Å². The fourth-order valence-electron chi connectivity index (χ4n) is 1.19. The Kier molecular flexibility index (Phi) is 1.37. The van der Waals surface area contributed by atoms with Gasteiger partial charge >= 0.3 is 0 Å². The standard InChI is InChI=1S/C9H7NO2/c11-9-5-6-10(12)8-4-2-1-3-7(8)9/h1-6,11H. The van der Waals surface area contributed by atoms with Crippen LogP contribution in [0.3, 0.4) is 0 Å². The lowest BCUT2D eigenvalue weighted by atomic mass is 10.2. The summed E-state index contributed by atoms with van der Waals surface area (Å²) in [5.74, 6) is 0.137. The van der Waals surface area contributed by atoms with Crippen LogP contribution in [-0.4, -0.2) is 5.11 Å². The molecule has 0 saturated carbocycles. The van der Waals surface area contributed by atoms with Gasteiger partial charge in [0.15, 0.2) is 6.20 Å². The number of benzene rings is 1. The minimum Gasteiger partial charge on any atom is -0.618 e. The highest BCUT2D eigenvalue weighted by molar-refractivity contribution is 5.81. The van der Waals surface area contributed by atoms with Crippen LogP contribution in [0.15, 0.2) is 36.5 Å². The van der Waals surface area contributed by atoms with Crippen molar-refractivity contribution in [1.29, 1.82) is 0 Å². The Labute approximate surface area is 69.1 Å². The molecule has 0 spiro atoms. The zero-order chi connectivity index (χ0) is 8.55. The Balaban J connectivity index is 2.95. The van der Waals surface area contributed by atoms with Gasteiger partial charge < -0.3 is 10.3 Å². The first kappa shape index (κ1) is 6.91. The van der Waals surface area contributed by atoms with Crippen molar-refractivity contribution >= 4 is 10.9 Å². The molecule has 1 aromatic heterocycles. The van der Waals surface area contributed by atoms with Crippen molar-refractivity contribution in [3.8, 4) is 5.75 Å². The molecule has 0 fully saturated rings. The van der Waals surface area contributed by atoms with Crippen LogP contribution in [0.5, 0.6) is 5.75 Å². The first-order chi connectivity index (χ1) is 5.79. The Bertz CT molecular complexity index is 385. The molecule has 2 rings (SSSR count). The van der Waals surface area contributed by atoms with E-state index >= 15 is 0 Å². The number of aromatic nitrogens is 1. The fourth-order valence-corrected chi connectivity index (χ4v) is 1.19. The van der Waals surface area contributed by atoms with Gasteiger partial charge in [-0.05, 0) is 6.07 Å². The second kappa shape index (κ2) is 2.37. The lowest BCUT2D eigenvalue weighted by molar-refractivity contribution is -0.577. The van der Waals surface area contributed by atoms with Crippen LogP contribution < -0.4 is 4.73 Å². The molecule has 12 heavy (non-hydrogen) atoms. The van der Waals surface area contributed by atoms with Crippen molar-refractivity contribution in [2.75, 3.05) is 0 Å². The summed E-state index contributed by atoms with van der Waals surface area (Å²) in [6, 6.07) is 8.30. The van der Waals surface area contributed by atoms with Crippen LogP contribution in [0, 0.1) is 5.21 Å². The average Bonchev–Trinajstić information content (AvgIpc) is 2.12. The number of aromatic hydroxyl groups is 1. The predicted molar refractivity (Wildman–Crippen MR) is 44.6 cm³/mol. The molecule has 0 aliphatic carbocycles. The van der Waals surface area contributed by atoms with Crippen molar-refractivity contribution < 1.29 is 9.84 Å². The highest BCUT2D eigenvalue weighted by atomic mass is 16.5. The molecular formula is C9H7NO2. The number of fused-ring (bicyclic) bond motifs is 1. The highest BCUT2D eigenvalue weighted by Gasteiger charge is 2.05. The van der Waals surface area contributed by atoms with E-state index in [-0.39, 0.29) is 5.75 Å². The lowest BCUT2D eigenvalue weighted by Crippen LogP contribution is -2.25. The molecule has 60 valence electrons. The SMILES string of the molecule is [O-][n+]1ccc(O)c2ccccc21. The van der Waals surface area contributed by atoms with Crippen molar-refractivity contribution in [3.05, 3.63) is 41.7 Å². The third-order valence-electron chi connectivity index (χ3n) is 1.79. The van der Waals surface area contributed by atoms with Gasteiger partial charge in [0.1, 0.15) is 5.75 Å². The van der Waals surface area contributed by atoms with Gasteiger partial charge in [0.25, 0.3) is 0 Å². The first-order valence-corrected chi connectivity index (χ1v) is 3.59. The summed E-state index contributed by atoms with van der Waals surface area (Å²) >= 11 is 0. The molecule has 2 aromatic rings. The molecule has 1 aromatic carbocycles. The largest absolute Gasteiger partial charge is 0.618 e. The topological polar surface area (TPSA) is 47.2 Å². The minimum atomic E-state index is 0.137. The second-order valence-electron chi connectivity index (χ2n) is 2.54. The molecule has 0 amide bonds. The van der Waals surface area contributed by atoms with E-state index in [1.165, 1.54) is 12.3 Å². The third-order valence-corrected chi connectivity index (χ3v) is 1.79. The molecule has 0 bridgehead atoms. The summed E-state index contributed by atoms with van der Waals surface area (Å²) in [7, 11) is 0. The van der Waals surface area contributed by atoms with Crippen LogP contribution in [0.25, 0.3) is 10.9 Å². The van der Waals surface area contributed by atoms with Crippen molar-refractivity contribution in [2.24, 2.45) is 0 Å². The number of hydrogen-bond donors (Lipinski definition) is 1. The summed E-state index contributed by atoms with van der Waals surface area (Å²) in [4.78, 5) is 0. The van der Waals surface area contributed by atoms with E-state index in [4.69, 9.17) is 0 Å². The van der Waals surface area contributed by atoms with E-state index in [2.05, 4.69) is 0 Å². The van der Waals surface area contributed by atoms with E-state index in [1.807, 2.05) is 0 Å². The zero-order valence-electron chi connectivity index (χ0n) is 6.27. The van der Waals surface area contributed by atoms with Crippen LogP contribution in [0.4, 0.5) is 0 Å². The summed E-state index contributed by atoms with van der Waals surface area (Å²) in [6.45, 7) is 0. The van der Waals surface area contributed by atoms with E-state index < -0.39 is 0 Å². The van der Waals surface area contributed by atoms with E-state index in [0.29, 0.717) is 10.9 Å². The van der Waals surface area contributed by atoms with E-state index in [1.54, 1.807) is 24.3 Å². The zero-order valence-corrected chi connectivity index (χ0v) is 6.27. The second-order valence-corrected chi connectivity index (χ2v) is 2.54. The van der Waals surface area contributed by atoms with Crippen molar-refractivity contribution in [3.63, 3.8) is 0 Å². The molecule has 0 aliphatic rings. The Hall–Kier alpha value is -1.77. The first-order valence-electron chi connectivity index (χ1n) is 3.59. The molecule has 0 aliphatic heterocycles. The maximum Gasteiger partial charge on any atom is 0.227 e. The quantitative estimate of drug-likeness (QED) is 0.466. The normalized spacial score (nSPS) is 10.3. The van der Waals surface area contributed by atoms with Crippen molar-refractivity contribution in [1.82, 2.24) is 0 Å². The Morgan fingerprint density at radius 2 is 1.92 bits per heavy atom. The van der Waals surface area contributed by atoms with Gasteiger partial charge in [-0.3, -0.25) is 0 Å². The van der Waals surface area contributed by atoms with Gasteiger partial charge in [0.05, 0.1) is 5.39 Å². The molecule has 1 N–H and O–H groups in total. The molecule has 0 unspecified atom stereocenters. The third kappa shape index (κ3) is 0.871. The average molecular weight is 161 g/mol. The molecule has 3 nitrogen and oxygen atoms in total. The van der Waals surface area contributed by atoms with Gasteiger partial charge in [0, 0.05) is 12.1 Å². The van der Waals surface area contributed by atoms with Gasteiger partial charge in [0.2, 0.25) is 5.52 Å². The summed E-state index contributed by atoms with van der Waals surface area (Å²) in [5, 5.41) is 21.1. The monoisotopic (exact) mass is 161 g/mol. The Morgan fingerprint density at radius 1 is 1.17 bits per heavy atom. The number of hydrogen-bond acceptors (Lipinski definition) is 2. The van der Waals surface area contributed by atoms with Crippen LogP contribution in [-0.2, 0) is 0 Å². The molecule has 3 heteroatoms. The van der Waals surface area contributed by atoms with Gasteiger partial charge in [-0.25, -0.2) is 0 Å². The maximum atomic E-state index is 11.1. The molecule has 0 atom stereocenters. The molecular weight excluding hydrogens is 154 g/mol. The molecule has 0 saturated heterocycles. The van der Waals surface area contributed by atoms with Crippen LogP contribution in [0.1, 0.15) is 0 Å². The Morgan fingerprint density at radius 3 is 2.67 bits per heavy atom. The van der Waals surface area contributed by atoms with Crippen LogP contribution >= 0.6 is 0 Å². The predicted octanol–water partition coefficient (Wildman–Crippen LogP) is 1.18. The van der Waals surface area contributed by atoms with Gasteiger partial charge in [-0.2, -0.15) is 4.73 Å². The van der Waals surface area contributed by atoms with Crippen LogP contribution in [0.2, 0.25) is 0 Å². The molecule has 0 radical (unpaired) electrons. The highest BCUT2D eigenvalue weighted by Crippen LogP contribution is 2.19. The number of pyridine rings is 1. The molecule has 1 heterocycles. The number of para-hydroxylation sites is 1. The fraction of sp³-hybridized carbons (Fsp3) is 0. The van der Waals surface area contributed by atoms with E-state index in [9.17, 15) is 10.3 Å². The minimum absolute atomic E-state index is 0.137. The summed E-state index contributed by atoms with van der Waals surface area (Å²) in [5.41, 5.74) is 0.484. The smallest absolute Gasteiger partial charge is 0.227 e. The number of rotatable bonds is 0. The van der Waals surface area contributed by atoms with Gasteiger partial charge in [-0.15, -0.1) is 0 Å². The lowest BCUT2D eigenvalue weighted by Gasteiger charge is -2.01.